The summed E-state index contributed by atoms with van der Waals surface area (Å²) in [5.41, 5.74) is 0. The van der Waals surface area contributed by atoms with Crippen LogP contribution in [0, 0.1) is 5.92 Å². The molecule has 1 aromatic rings. The molecule has 1 aliphatic rings. The fourth-order valence-corrected chi connectivity index (χ4v) is 2.24. The van der Waals surface area contributed by atoms with E-state index in [-0.39, 0.29) is 12.1 Å². The van der Waals surface area contributed by atoms with Crippen molar-refractivity contribution in [2.24, 2.45) is 13.0 Å². The van der Waals surface area contributed by atoms with E-state index in [1.165, 1.54) is 0 Å². The zero-order chi connectivity index (χ0) is 13.1. The van der Waals surface area contributed by atoms with E-state index in [0.29, 0.717) is 0 Å². The van der Waals surface area contributed by atoms with Crippen LogP contribution in [-0.2, 0) is 7.05 Å². The molecular formula is C12H21N5O. The maximum Gasteiger partial charge on any atom is 0.317 e. The third kappa shape index (κ3) is 2.80. The first-order chi connectivity index (χ1) is 8.58. The van der Waals surface area contributed by atoms with Gasteiger partial charge in [-0.25, -0.2) is 4.79 Å². The Morgan fingerprint density at radius 1 is 1.50 bits per heavy atom. The van der Waals surface area contributed by atoms with Gasteiger partial charge in [-0.3, -0.25) is 0 Å². The number of carbonyl (C=O) groups excluding carboxylic acids is 1. The molecular weight excluding hydrogens is 230 g/mol. The van der Waals surface area contributed by atoms with Crippen molar-refractivity contribution in [3.63, 3.8) is 0 Å². The average Bonchev–Trinajstić information content (AvgIpc) is 2.76. The summed E-state index contributed by atoms with van der Waals surface area (Å²) in [5, 5.41) is 10.8. The van der Waals surface area contributed by atoms with Gasteiger partial charge in [0.15, 0.2) is 5.82 Å². The number of aromatic nitrogens is 3. The van der Waals surface area contributed by atoms with E-state index in [4.69, 9.17) is 0 Å². The number of nitrogens with zero attached hydrogens (tertiary/aromatic N) is 4. The van der Waals surface area contributed by atoms with Gasteiger partial charge in [0, 0.05) is 20.1 Å². The molecule has 0 aromatic carbocycles. The van der Waals surface area contributed by atoms with Crippen molar-refractivity contribution in [1.82, 2.24) is 25.0 Å². The van der Waals surface area contributed by atoms with Crippen LogP contribution in [0.5, 0.6) is 0 Å². The van der Waals surface area contributed by atoms with Gasteiger partial charge in [0.05, 0.1) is 6.04 Å². The van der Waals surface area contributed by atoms with Crippen LogP contribution in [0.25, 0.3) is 0 Å². The van der Waals surface area contributed by atoms with Crippen molar-refractivity contribution in [3.05, 3.63) is 12.2 Å². The summed E-state index contributed by atoms with van der Waals surface area (Å²) >= 11 is 0. The van der Waals surface area contributed by atoms with Crippen molar-refractivity contribution >= 4 is 6.03 Å². The smallest absolute Gasteiger partial charge is 0.317 e. The third-order valence-corrected chi connectivity index (χ3v) is 3.54. The van der Waals surface area contributed by atoms with E-state index in [9.17, 15) is 4.79 Å². The Kier molecular flexibility index (Phi) is 3.84. The van der Waals surface area contributed by atoms with Crippen molar-refractivity contribution in [1.29, 1.82) is 0 Å². The Labute approximate surface area is 107 Å². The van der Waals surface area contributed by atoms with Crippen LogP contribution in [-0.4, -0.2) is 38.8 Å². The van der Waals surface area contributed by atoms with E-state index in [2.05, 4.69) is 22.4 Å². The second-order valence-corrected chi connectivity index (χ2v) is 5.14. The minimum atomic E-state index is -0.121. The van der Waals surface area contributed by atoms with E-state index in [0.717, 1.165) is 37.7 Å². The minimum Gasteiger partial charge on any atom is -0.328 e. The Hall–Kier alpha value is -1.59. The number of nitrogens with one attached hydrogen (secondary N) is 1. The lowest BCUT2D eigenvalue weighted by Gasteiger charge is -2.31. The number of likely N-dealkylation sites (tertiary alicyclic amines) is 1. The van der Waals surface area contributed by atoms with Crippen molar-refractivity contribution in [2.75, 3.05) is 13.1 Å². The number of piperidine rings is 1. The summed E-state index contributed by atoms with van der Waals surface area (Å²) in [6.07, 6.45) is 3.82. The quantitative estimate of drug-likeness (QED) is 0.862. The number of aryl methyl sites for hydroxylation is 1. The Morgan fingerprint density at radius 2 is 2.17 bits per heavy atom. The maximum absolute atomic E-state index is 12.1. The molecule has 0 saturated carbocycles. The Morgan fingerprint density at radius 3 is 2.72 bits per heavy atom. The molecule has 1 atom stereocenters. The summed E-state index contributed by atoms with van der Waals surface area (Å²) in [6.45, 7) is 5.85. The predicted octanol–water partition coefficient (Wildman–Crippen LogP) is 1.32. The van der Waals surface area contributed by atoms with Gasteiger partial charge in [0.2, 0.25) is 0 Å². The van der Waals surface area contributed by atoms with E-state index >= 15 is 0 Å². The topological polar surface area (TPSA) is 63.1 Å². The van der Waals surface area contributed by atoms with Crippen LogP contribution in [0.1, 0.15) is 38.6 Å². The van der Waals surface area contributed by atoms with Gasteiger partial charge < -0.3 is 14.8 Å². The highest BCUT2D eigenvalue weighted by atomic mass is 16.2. The molecule has 100 valence electrons. The maximum atomic E-state index is 12.1. The van der Waals surface area contributed by atoms with Gasteiger partial charge in [-0.2, -0.15) is 0 Å². The average molecular weight is 251 g/mol. The van der Waals surface area contributed by atoms with Gasteiger partial charge >= 0.3 is 6.03 Å². The molecule has 0 radical (unpaired) electrons. The van der Waals surface area contributed by atoms with Crippen LogP contribution in [0.3, 0.4) is 0 Å². The molecule has 0 spiro atoms. The second-order valence-electron chi connectivity index (χ2n) is 5.14. The fourth-order valence-electron chi connectivity index (χ4n) is 2.24. The molecule has 1 aliphatic heterocycles. The number of amides is 2. The summed E-state index contributed by atoms with van der Waals surface area (Å²) < 4.78 is 1.82. The van der Waals surface area contributed by atoms with Gasteiger partial charge in [-0.05, 0) is 25.7 Å². The van der Waals surface area contributed by atoms with E-state index in [1.807, 2.05) is 23.4 Å². The molecule has 0 aliphatic carbocycles. The number of urea groups is 1. The third-order valence-electron chi connectivity index (χ3n) is 3.54. The lowest BCUT2D eigenvalue weighted by Crippen LogP contribution is -2.45. The van der Waals surface area contributed by atoms with Crippen molar-refractivity contribution < 1.29 is 4.79 Å². The van der Waals surface area contributed by atoms with Crippen LogP contribution in [0.2, 0.25) is 0 Å². The van der Waals surface area contributed by atoms with Crippen molar-refractivity contribution in [3.8, 4) is 0 Å². The van der Waals surface area contributed by atoms with Crippen LogP contribution in [0.15, 0.2) is 6.33 Å². The Bertz CT molecular complexity index is 408. The molecule has 2 amide bonds. The standard InChI is InChI=1S/C12H21N5O/c1-9-4-6-17(7-5-9)12(18)14-10(2)11-15-13-8-16(11)3/h8-10H,4-7H2,1-3H3,(H,14,18). The highest BCUT2D eigenvalue weighted by Gasteiger charge is 2.22. The monoisotopic (exact) mass is 251 g/mol. The normalized spacial score (nSPS) is 18.7. The first-order valence-electron chi connectivity index (χ1n) is 6.47. The Balaban J connectivity index is 1.89. The fraction of sp³-hybridized carbons (Fsp3) is 0.750. The van der Waals surface area contributed by atoms with Gasteiger partial charge in [-0.1, -0.05) is 6.92 Å². The van der Waals surface area contributed by atoms with Gasteiger partial charge in [0.1, 0.15) is 6.33 Å². The zero-order valence-electron chi connectivity index (χ0n) is 11.3. The summed E-state index contributed by atoms with van der Waals surface area (Å²) in [6, 6.07) is -0.123. The van der Waals surface area contributed by atoms with E-state index < -0.39 is 0 Å². The molecule has 18 heavy (non-hydrogen) atoms. The van der Waals surface area contributed by atoms with Gasteiger partial charge in [0.25, 0.3) is 0 Å². The van der Waals surface area contributed by atoms with E-state index in [1.54, 1.807) is 6.33 Å². The summed E-state index contributed by atoms with van der Waals surface area (Å²) in [5.74, 6) is 1.50. The lowest BCUT2D eigenvalue weighted by molar-refractivity contribution is 0.170. The molecule has 1 fully saturated rings. The number of carbonyl (C=O) groups is 1. The van der Waals surface area contributed by atoms with Crippen LogP contribution >= 0.6 is 0 Å². The highest BCUT2D eigenvalue weighted by molar-refractivity contribution is 5.74. The molecule has 6 heteroatoms. The number of hydrogen-bond donors (Lipinski definition) is 1. The molecule has 1 N–H and O–H groups in total. The predicted molar refractivity (Wildman–Crippen MR) is 67.9 cm³/mol. The number of rotatable bonds is 2. The minimum absolute atomic E-state index is 0.00241. The molecule has 0 bridgehead atoms. The van der Waals surface area contributed by atoms with Gasteiger partial charge in [-0.15, -0.1) is 10.2 Å². The van der Waals surface area contributed by atoms with Crippen molar-refractivity contribution in [2.45, 2.75) is 32.7 Å². The summed E-state index contributed by atoms with van der Waals surface area (Å²) in [4.78, 5) is 14.0. The first kappa shape index (κ1) is 12.9. The number of hydrogen-bond acceptors (Lipinski definition) is 3. The first-order valence-corrected chi connectivity index (χ1v) is 6.47. The molecule has 2 heterocycles. The lowest BCUT2D eigenvalue weighted by atomic mass is 10.00. The SMILES string of the molecule is CC1CCN(C(=O)NC(C)c2nncn2C)CC1. The highest BCUT2D eigenvalue weighted by Crippen LogP contribution is 2.16. The molecule has 2 rings (SSSR count). The molecule has 1 aromatic heterocycles. The zero-order valence-corrected chi connectivity index (χ0v) is 11.3. The summed E-state index contributed by atoms with van der Waals surface area (Å²) in [7, 11) is 1.88. The van der Waals surface area contributed by atoms with Crippen LogP contribution in [0.4, 0.5) is 4.79 Å². The molecule has 1 saturated heterocycles. The largest absolute Gasteiger partial charge is 0.328 e. The second kappa shape index (κ2) is 5.37. The molecule has 6 nitrogen and oxygen atoms in total. The van der Waals surface area contributed by atoms with Crippen LogP contribution < -0.4 is 5.32 Å². The molecule has 1 unspecified atom stereocenters.